The molecule has 1 aliphatic heterocycles. The maximum absolute atomic E-state index is 12.4. The third-order valence-electron chi connectivity index (χ3n) is 4.00. The van der Waals surface area contributed by atoms with E-state index in [0.717, 1.165) is 18.5 Å². The summed E-state index contributed by atoms with van der Waals surface area (Å²) >= 11 is 0. The summed E-state index contributed by atoms with van der Waals surface area (Å²) in [6.07, 6.45) is 1.52. The minimum Gasteiger partial charge on any atom is -0.341 e. The molecule has 0 aliphatic carbocycles. The number of benzene rings is 1. The van der Waals surface area contributed by atoms with Crippen molar-refractivity contribution in [2.45, 2.75) is 39.3 Å². The second-order valence-electron chi connectivity index (χ2n) is 5.99. The molecule has 1 fully saturated rings. The first-order valence-electron chi connectivity index (χ1n) is 8.01. The molecule has 0 saturated carbocycles. The van der Waals surface area contributed by atoms with E-state index in [1.165, 1.54) is 0 Å². The van der Waals surface area contributed by atoms with Crippen LogP contribution >= 0.6 is 0 Å². The molecule has 1 aromatic heterocycles. The van der Waals surface area contributed by atoms with E-state index in [1.807, 2.05) is 23.1 Å². The van der Waals surface area contributed by atoms with Crippen molar-refractivity contribution < 1.29 is 14.1 Å². The zero-order chi connectivity index (χ0) is 17.1. The number of hydrogen-bond donors (Lipinski definition) is 1. The second kappa shape index (κ2) is 6.82. The number of nitrogens with one attached hydrogen (secondary N) is 1. The first-order valence-corrected chi connectivity index (χ1v) is 8.01. The van der Waals surface area contributed by atoms with Crippen LogP contribution in [0.25, 0.3) is 0 Å². The smallest absolute Gasteiger partial charge is 0.251 e. The van der Waals surface area contributed by atoms with Crippen molar-refractivity contribution in [3.8, 4) is 0 Å². The average Bonchev–Trinajstić information content (AvgIpc) is 3.17. The number of amides is 2. The van der Waals surface area contributed by atoms with Gasteiger partial charge in [0.15, 0.2) is 5.82 Å². The van der Waals surface area contributed by atoms with E-state index in [-0.39, 0.29) is 17.9 Å². The van der Waals surface area contributed by atoms with Gasteiger partial charge in [0.25, 0.3) is 5.91 Å². The van der Waals surface area contributed by atoms with E-state index in [1.54, 1.807) is 19.9 Å². The molecule has 2 amide bonds. The number of carbonyl (C=O) groups excluding carboxylic acids is 2. The van der Waals surface area contributed by atoms with Crippen molar-refractivity contribution in [1.29, 1.82) is 0 Å². The summed E-state index contributed by atoms with van der Waals surface area (Å²) in [6.45, 7) is 4.84. The Labute approximate surface area is 140 Å². The molecular formula is C17H20N4O3. The van der Waals surface area contributed by atoms with E-state index in [2.05, 4.69) is 15.5 Å². The van der Waals surface area contributed by atoms with Crippen molar-refractivity contribution >= 4 is 11.8 Å². The summed E-state index contributed by atoms with van der Waals surface area (Å²) in [5.41, 5.74) is 1.49. The van der Waals surface area contributed by atoms with Crippen LogP contribution in [0, 0.1) is 6.92 Å². The Morgan fingerprint density at radius 3 is 2.96 bits per heavy atom. The van der Waals surface area contributed by atoms with Gasteiger partial charge in [-0.15, -0.1) is 0 Å². The molecule has 7 nitrogen and oxygen atoms in total. The van der Waals surface area contributed by atoms with Crippen LogP contribution in [-0.4, -0.2) is 33.4 Å². The number of likely N-dealkylation sites (tertiary alicyclic amines) is 1. The lowest BCUT2D eigenvalue weighted by molar-refractivity contribution is -0.128. The Hall–Kier alpha value is -2.70. The highest BCUT2D eigenvalue weighted by Crippen LogP contribution is 2.16. The van der Waals surface area contributed by atoms with Crippen LogP contribution < -0.4 is 5.32 Å². The summed E-state index contributed by atoms with van der Waals surface area (Å²) in [4.78, 5) is 30.1. The fourth-order valence-electron chi connectivity index (χ4n) is 2.73. The van der Waals surface area contributed by atoms with Crippen LogP contribution in [0.3, 0.4) is 0 Å². The highest BCUT2D eigenvalue weighted by molar-refractivity contribution is 5.94. The molecule has 3 rings (SSSR count). The molecule has 2 aromatic rings. The molecular weight excluding hydrogens is 308 g/mol. The summed E-state index contributed by atoms with van der Waals surface area (Å²) in [6, 6.07) is 6.94. The van der Waals surface area contributed by atoms with Gasteiger partial charge in [-0.1, -0.05) is 17.3 Å². The molecule has 24 heavy (non-hydrogen) atoms. The Bertz CT molecular complexity index is 756. The topological polar surface area (TPSA) is 88.3 Å². The molecule has 1 atom stereocenters. The monoisotopic (exact) mass is 328 g/mol. The molecule has 2 heterocycles. The van der Waals surface area contributed by atoms with Gasteiger partial charge in [0.2, 0.25) is 11.8 Å². The van der Waals surface area contributed by atoms with E-state index < -0.39 is 0 Å². The van der Waals surface area contributed by atoms with Crippen molar-refractivity contribution in [2.24, 2.45) is 0 Å². The van der Waals surface area contributed by atoms with E-state index in [4.69, 9.17) is 4.52 Å². The molecule has 0 bridgehead atoms. The van der Waals surface area contributed by atoms with Crippen LogP contribution in [-0.2, 0) is 11.3 Å². The lowest BCUT2D eigenvalue weighted by Gasteiger charge is -2.16. The van der Waals surface area contributed by atoms with Crippen molar-refractivity contribution in [3.05, 3.63) is 47.1 Å². The quantitative estimate of drug-likeness (QED) is 0.907. The second-order valence-corrected chi connectivity index (χ2v) is 5.99. The normalized spacial score (nSPS) is 15.6. The van der Waals surface area contributed by atoms with Crippen molar-refractivity contribution in [1.82, 2.24) is 20.4 Å². The van der Waals surface area contributed by atoms with Crippen molar-refractivity contribution in [3.63, 3.8) is 0 Å². The van der Waals surface area contributed by atoms with Crippen LogP contribution in [0.1, 0.15) is 53.4 Å². The maximum Gasteiger partial charge on any atom is 0.251 e. The number of hydrogen-bond acceptors (Lipinski definition) is 5. The molecule has 126 valence electrons. The molecule has 1 saturated heterocycles. The molecule has 0 radical (unpaired) electrons. The van der Waals surface area contributed by atoms with Gasteiger partial charge in [0, 0.05) is 25.1 Å². The Morgan fingerprint density at radius 1 is 1.46 bits per heavy atom. The third kappa shape index (κ3) is 3.61. The van der Waals surface area contributed by atoms with Crippen LogP contribution in [0.15, 0.2) is 28.8 Å². The van der Waals surface area contributed by atoms with Crippen LogP contribution in [0.2, 0.25) is 0 Å². The summed E-state index contributed by atoms with van der Waals surface area (Å²) in [5.74, 6) is 0.862. The highest BCUT2D eigenvalue weighted by atomic mass is 16.5. The molecule has 0 spiro atoms. The number of rotatable bonds is 5. The van der Waals surface area contributed by atoms with Crippen LogP contribution in [0.4, 0.5) is 0 Å². The Kier molecular flexibility index (Phi) is 4.59. The van der Waals surface area contributed by atoms with Gasteiger partial charge in [0.05, 0.1) is 0 Å². The molecule has 1 aliphatic rings. The largest absolute Gasteiger partial charge is 0.341 e. The van der Waals surface area contributed by atoms with Gasteiger partial charge in [0.1, 0.15) is 6.04 Å². The maximum atomic E-state index is 12.4. The minimum atomic E-state index is -0.373. The first kappa shape index (κ1) is 16.2. The van der Waals surface area contributed by atoms with E-state index >= 15 is 0 Å². The average molecular weight is 328 g/mol. The van der Waals surface area contributed by atoms with Gasteiger partial charge in [-0.3, -0.25) is 9.59 Å². The number of nitrogens with zero attached hydrogens (tertiary/aromatic N) is 3. The highest BCUT2D eigenvalue weighted by Gasteiger charge is 2.21. The van der Waals surface area contributed by atoms with E-state index in [0.29, 0.717) is 30.2 Å². The molecule has 7 heteroatoms. The van der Waals surface area contributed by atoms with E-state index in [9.17, 15) is 9.59 Å². The molecule has 0 unspecified atom stereocenters. The minimum absolute atomic E-state index is 0.172. The number of carbonyl (C=O) groups is 2. The standard InChI is InChI=1S/C17H20N4O3/c1-11(17-19-12(2)20-24-17)18-16(23)14-6-3-5-13(9-14)10-21-8-4-7-15(21)22/h3,5-6,9,11H,4,7-8,10H2,1-2H3,(H,18,23)/t11-/m0/s1. The van der Waals surface area contributed by atoms with Crippen LogP contribution in [0.5, 0.6) is 0 Å². The summed E-state index contributed by atoms with van der Waals surface area (Å²) in [5, 5.41) is 6.56. The van der Waals surface area contributed by atoms with Gasteiger partial charge >= 0.3 is 0 Å². The lowest BCUT2D eigenvalue weighted by Crippen LogP contribution is -2.27. The fourth-order valence-corrected chi connectivity index (χ4v) is 2.73. The Morgan fingerprint density at radius 2 is 2.29 bits per heavy atom. The first-order chi connectivity index (χ1) is 11.5. The SMILES string of the molecule is Cc1noc([C@H](C)NC(=O)c2cccc(CN3CCCC3=O)c2)n1. The summed E-state index contributed by atoms with van der Waals surface area (Å²) in [7, 11) is 0. The predicted molar refractivity (Wildman–Crippen MR) is 86.0 cm³/mol. The zero-order valence-electron chi connectivity index (χ0n) is 13.8. The predicted octanol–water partition coefficient (Wildman–Crippen LogP) is 1.99. The van der Waals surface area contributed by atoms with Gasteiger partial charge in [-0.25, -0.2) is 0 Å². The zero-order valence-corrected chi connectivity index (χ0v) is 13.8. The molecule has 1 aromatic carbocycles. The summed E-state index contributed by atoms with van der Waals surface area (Å²) < 4.78 is 5.07. The fraction of sp³-hybridized carbons (Fsp3) is 0.412. The third-order valence-corrected chi connectivity index (χ3v) is 4.00. The van der Waals surface area contributed by atoms with Gasteiger partial charge < -0.3 is 14.7 Å². The lowest BCUT2D eigenvalue weighted by atomic mass is 10.1. The number of aromatic nitrogens is 2. The number of aryl methyl sites for hydroxylation is 1. The van der Waals surface area contributed by atoms with Gasteiger partial charge in [-0.2, -0.15) is 4.98 Å². The van der Waals surface area contributed by atoms with Crippen molar-refractivity contribution in [2.75, 3.05) is 6.54 Å². The molecule has 1 N–H and O–H groups in total. The van der Waals surface area contributed by atoms with Gasteiger partial charge in [-0.05, 0) is 38.0 Å². The Balaban J connectivity index is 1.66.